The van der Waals surface area contributed by atoms with Gasteiger partial charge in [-0.2, -0.15) is 0 Å². The minimum absolute atomic E-state index is 0.0532. The van der Waals surface area contributed by atoms with E-state index in [2.05, 4.69) is 15.3 Å². The van der Waals surface area contributed by atoms with Gasteiger partial charge in [0, 0.05) is 24.6 Å². The van der Waals surface area contributed by atoms with Crippen molar-refractivity contribution in [2.45, 2.75) is 24.5 Å². The minimum atomic E-state index is -0.973. The van der Waals surface area contributed by atoms with Crippen molar-refractivity contribution in [1.82, 2.24) is 9.97 Å². The molecule has 1 aromatic heterocycles. The lowest BCUT2D eigenvalue weighted by atomic mass is 10.2. The van der Waals surface area contributed by atoms with Crippen LogP contribution in [0, 0.1) is 11.6 Å². The topological polar surface area (TPSA) is 78.1 Å². The molecule has 0 saturated carbocycles. The molecular formula is C19H16F2N4O2S. The summed E-state index contributed by atoms with van der Waals surface area (Å²) in [6.45, 7) is 1.82. The Kier molecular flexibility index (Phi) is 4.76. The second kappa shape index (κ2) is 7.23. The zero-order chi connectivity index (χ0) is 19.8. The monoisotopic (exact) mass is 402 g/mol. The fourth-order valence-corrected chi connectivity index (χ4v) is 3.96. The molecule has 144 valence electrons. The number of imidazole rings is 1. The van der Waals surface area contributed by atoms with Crippen LogP contribution in [0.15, 0.2) is 41.6 Å². The first-order chi connectivity index (χ1) is 13.4. The van der Waals surface area contributed by atoms with Crippen LogP contribution in [-0.2, 0) is 9.59 Å². The number of hydrogen-bond acceptors (Lipinski definition) is 4. The molecule has 3 aromatic rings. The Morgan fingerprint density at radius 3 is 2.86 bits per heavy atom. The molecule has 6 nitrogen and oxygen atoms in total. The molecule has 4 rings (SSSR count). The molecule has 1 aliphatic heterocycles. The van der Waals surface area contributed by atoms with E-state index in [1.807, 2.05) is 6.92 Å². The van der Waals surface area contributed by atoms with Gasteiger partial charge in [0.15, 0.2) is 16.8 Å². The minimum Gasteiger partial charge on any atom is -0.333 e. The molecule has 2 amide bonds. The average Bonchev–Trinajstić information content (AvgIpc) is 2.97. The summed E-state index contributed by atoms with van der Waals surface area (Å²) in [5.74, 6) is -2.23. The SMILES string of the molecule is CC1CC(=O)Nc2ccccc2N1C(=O)CSc1nc2cc(F)c(F)cc2[nH]1. The molecule has 0 saturated heterocycles. The number of aromatic amines is 1. The maximum absolute atomic E-state index is 13.3. The van der Waals surface area contributed by atoms with E-state index in [9.17, 15) is 18.4 Å². The second-order valence-electron chi connectivity index (χ2n) is 6.50. The Labute approximate surface area is 163 Å². The number of para-hydroxylation sites is 2. The van der Waals surface area contributed by atoms with Crippen LogP contribution in [0.4, 0.5) is 20.2 Å². The van der Waals surface area contributed by atoms with Crippen LogP contribution in [0.5, 0.6) is 0 Å². The van der Waals surface area contributed by atoms with Gasteiger partial charge in [0.25, 0.3) is 0 Å². The number of fused-ring (bicyclic) bond motifs is 2. The van der Waals surface area contributed by atoms with E-state index < -0.39 is 11.6 Å². The van der Waals surface area contributed by atoms with Crippen LogP contribution in [0.2, 0.25) is 0 Å². The summed E-state index contributed by atoms with van der Waals surface area (Å²) in [6, 6.07) is 8.87. The van der Waals surface area contributed by atoms with Gasteiger partial charge in [0.05, 0.1) is 28.2 Å². The molecule has 2 heterocycles. The van der Waals surface area contributed by atoms with Crippen LogP contribution in [-0.4, -0.2) is 33.6 Å². The third-order valence-electron chi connectivity index (χ3n) is 4.46. The molecule has 0 fully saturated rings. The number of aromatic nitrogens is 2. The van der Waals surface area contributed by atoms with E-state index in [-0.39, 0.29) is 35.5 Å². The van der Waals surface area contributed by atoms with Gasteiger partial charge in [-0.25, -0.2) is 13.8 Å². The first kappa shape index (κ1) is 18.4. The van der Waals surface area contributed by atoms with Gasteiger partial charge in [0.2, 0.25) is 11.8 Å². The zero-order valence-corrected chi connectivity index (χ0v) is 15.6. The number of nitrogens with one attached hydrogen (secondary N) is 2. The molecule has 9 heteroatoms. The molecule has 0 aliphatic carbocycles. The number of amides is 2. The molecule has 2 N–H and O–H groups in total. The maximum Gasteiger partial charge on any atom is 0.237 e. The van der Waals surface area contributed by atoms with Crippen molar-refractivity contribution in [1.29, 1.82) is 0 Å². The number of halogens is 2. The summed E-state index contributed by atoms with van der Waals surface area (Å²) in [5, 5.41) is 3.20. The number of benzene rings is 2. The predicted octanol–water partition coefficient (Wildman–Crippen LogP) is 3.70. The van der Waals surface area contributed by atoms with Crippen molar-refractivity contribution in [3.05, 3.63) is 48.0 Å². The number of hydrogen-bond donors (Lipinski definition) is 2. The highest BCUT2D eigenvalue weighted by Gasteiger charge is 2.29. The third-order valence-corrected chi connectivity index (χ3v) is 5.32. The largest absolute Gasteiger partial charge is 0.333 e. The van der Waals surface area contributed by atoms with Crippen molar-refractivity contribution in [2.75, 3.05) is 16.0 Å². The molecule has 0 spiro atoms. The molecule has 1 atom stereocenters. The molecule has 0 radical (unpaired) electrons. The summed E-state index contributed by atoms with van der Waals surface area (Å²) in [6.07, 6.45) is 0.189. The van der Waals surface area contributed by atoms with Crippen molar-refractivity contribution in [3.8, 4) is 0 Å². The fourth-order valence-electron chi connectivity index (χ4n) is 3.22. The van der Waals surface area contributed by atoms with Gasteiger partial charge >= 0.3 is 0 Å². The van der Waals surface area contributed by atoms with Crippen molar-refractivity contribution in [2.24, 2.45) is 0 Å². The van der Waals surface area contributed by atoms with E-state index in [0.29, 0.717) is 22.0 Å². The fraction of sp³-hybridized carbons (Fsp3) is 0.211. The summed E-state index contributed by atoms with van der Waals surface area (Å²) < 4.78 is 26.7. The maximum atomic E-state index is 13.3. The first-order valence-electron chi connectivity index (χ1n) is 8.61. The Morgan fingerprint density at radius 2 is 2.04 bits per heavy atom. The number of rotatable bonds is 3. The Bertz CT molecular complexity index is 1050. The van der Waals surface area contributed by atoms with E-state index in [0.717, 1.165) is 23.9 Å². The Morgan fingerprint density at radius 1 is 1.29 bits per heavy atom. The van der Waals surface area contributed by atoms with Crippen LogP contribution in [0.25, 0.3) is 11.0 Å². The van der Waals surface area contributed by atoms with Gasteiger partial charge < -0.3 is 15.2 Å². The highest BCUT2D eigenvalue weighted by atomic mass is 32.2. The van der Waals surface area contributed by atoms with E-state index in [4.69, 9.17) is 0 Å². The quantitative estimate of drug-likeness (QED) is 0.655. The predicted molar refractivity (Wildman–Crippen MR) is 103 cm³/mol. The first-order valence-corrected chi connectivity index (χ1v) is 9.59. The van der Waals surface area contributed by atoms with Crippen LogP contribution >= 0.6 is 11.8 Å². The van der Waals surface area contributed by atoms with Gasteiger partial charge in [0.1, 0.15) is 0 Å². The van der Waals surface area contributed by atoms with Crippen molar-refractivity contribution in [3.63, 3.8) is 0 Å². The number of anilines is 2. The molecule has 1 aliphatic rings. The van der Waals surface area contributed by atoms with Gasteiger partial charge in [-0.05, 0) is 19.1 Å². The third kappa shape index (κ3) is 3.45. The highest BCUT2D eigenvalue weighted by molar-refractivity contribution is 7.99. The second-order valence-corrected chi connectivity index (χ2v) is 7.46. The van der Waals surface area contributed by atoms with Crippen LogP contribution < -0.4 is 10.2 Å². The van der Waals surface area contributed by atoms with E-state index in [1.54, 1.807) is 29.2 Å². The number of carbonyl (C=O) groups excluding carboxylic acids is 2. The number of H-pyrrole nitrogens is 1. The van der Waals surface area contributed by atoms with Crippen LogP contribution in [0.1, 0.15) is 13.3 Å². The number of carbonyl (C=O) groups is 2. The smallest absolute Gasteiger partial charge is 0.237 e. The summed E-state index contributed by atoms with van der Waals surface area (Å²) in [4.78, 5) is 33.6. The lowest BCUT2D eigenvalue weighted by molar-refractivity contribution is -0.117. The molecular weight excluding hydrogens is 386 g/mol. The Balaban J connectivity index is 1.55. The van der Waals surface area contributed by atoms with Gasteiger partial charge in [-0.15, -0.1) is 0 Å². The molecule has 2 aromatic carbocycles. The van der Waals surface area contributed by atoms with Crippen molar-refractivity contribution >= 4 is 46.0 Å². The number of thioether (sulfide) groups is 1. The molecule has 0 bridgehead atoms. The molecule has 1 unspecified atom stereocenters. The highest BCUT2D eigenvalue weighted by Crippen LogP contribution is 2.32. The summed E-state index contributed by atoms with van der Waals surface area (Å²) in [7, 11) is 0. The zero-order valence-electron chi connectivity index (χ0n) is 14.8. The van der Waals surface area contributed by atoms with Crippen molar-refractivity contribution < 1.29 is 18.4 Å². The lowest BCUT2D eigenvalue weighted by Gasteiger charge is -2.27. The average molecular weight is 402 g/mol. The van der Waals surface area contributed by atoms with E-state index >= 15 is 0 Å². The summed E-state index contributed by atoms with van der Waals surface area (Å²) in [5.41, 5.74) is 1.87. The lowest BCUT2D eigenvalue weighted by Crippen LogP contribution is -2.40. The van der Waals surface area contributed by atoms with E-state index in [1.165, 1.54) is 0 Å². The van der Waals surface area contributed by atoms with Gasteiger partial charge in [-0.1, -0.05) is 23.9 Å². The Hall–Kier alpha value is -2.94. The van der Waals surface area contributed by atoms with Gasteiger partial charge in [-0.3, -0.25) is 9.59 Å². The summed E-state index contributed by atoms with van der Waals surface area (Å²) >= 11 is 1.14. The normalized spacial score (nSPS) is 16.6. The number of nitrogens with zero attached hydrogens (tertiary/aromatic N) is 2. The molecule has 28 heavy (non-hydrogen) atoms. The standard InChI is InChI=1S/C19H16F2N4O2S/c1-10-6-17(26)22-13-4-2-3-5-16(13)25(10)18(27)9-28-19-23-14-7-11(20)12(21)8-15(14)24-19/h2-5,7-8,10H,6,9H2,1H3,(H,22,26)(H,23,24). The van der Waals surface area contributed by atoms with Crippen LogP contribution in [0.3, 0.4) is 0 Å².